The monoisotopic (exact) mass is 202 g/mol. The SMILES string of the molecule is F.OCC(F)(F)C(F)C(F)(F)F. The van der Waals surface area contributed by atoms with Crippen molar-refractivity contribution in [2.45, 2.75) is 18.3 Å². The molecule has 0 saturated carbocycles. The first-order chi connectivity index (χ1) is 4.72. The molecule has 0 bridgehead atoms. The van der Waals surface area contributed by atoms with E-state index in [-0.39, 0.29) is 4.70 Å². The fraction of sp³-hybridized carbons (Fsp3) is 1.00. The van der Waals surface area contributed by atoms with E-state index in [0.717, 1.165) is 0 Å². The zero-order chi connectivity index (χ0) is 9.28. The summed E-state index contributed by atoms with van der Waals surface area (Å²) in [4.78, 5) is 0. The number of halogens is 7. The van der Waals surface area contributed by atoms with Gasteiger partial charge in [0.1, 0.15) is 6.61 Å². The third kappa shape index (κ3) is 3.24. The molecule has 0 aromatic heterocycles. The Morgan fingerprint density at radius 3 is 1.50 bits per heavy atom. The standard InChI is InChI=1S/C4H4F6O.FH/c5-2(4(8,9)10)3(6,7)1-11;/h2,11H,1H2;1H. The Hall–Kier alpha value is -0.530. The quantitative estimate of drug-likeness (QED) is 0.675. The van der Waals surface area contributed by atoms with Crippen LogP contribution in [0.2, 0.25) is 0 Å². The molecule has 0 aliphatic carbocycles. The average molecular weight is 202 g/mol. The lowest BCUT2D eigenvalue weighted by Gasteiger charge is -2.19. The molecule has 0 aliphatic rings. The van der Waals surface area contributed by atoms with Gasteiger partial charge in [0.05, 0.1) is 0 Å². The van der Waals surface area contributed by atoms with E-state index in [1.807, 2.05) is 0 Å². The van der Waals surface area contributed by atoms with Crippen molar-refractivity contribution in [2.24, 2.45) is 0 Å². The van der Waals surface area contributed by atoms with Crippen LogP contribution in [-0.4, -0.2) is 30.0 Å². The molecule has 1 nitrogen and oxygen atoms in total. The lowest BCUT2D eigenvalue weighted by atomic mass is 10.2. The fourth-order valence-corrected chi connectivity index (χ4v) is 0.320. The highest BCUT2D eigenvalue weighted by Crippen LogP contribution is 2.34. The first-order valence-electron chi connectivity index (χ1n) is 2.41. The Balaban J connectivity index is 0. The predicted molar refractivity (Wildman–Crippen MR) is 25.5 cm³/mol. The van der Waals surface area contributed by atoms with Crippen molar-refractivity contribution in [2.75, 3.05) is 6.61 Å². The second-order valence-corrected chi connectivity index (χ2v) is 1.82. The molecule has 0 heterocycles. The summed E-state index contributed by atoms with van der Waals surface area (Å²) in [5.74, 6) is -4.75. The van der Waals surface area contributed by atoms with Gasteiger partial charge in [-0.1, -0.05) is 0 Å². The van der Waals surface area contributed by atoms with E-state index in [1.165, 1.54) is 0 Å². The molecule has 0 radical (unpaired) electrons. The van der Waals surface area contributed by atoms with Crippen LogP contribution in [0.5, 0.6) is 0 Å². The van der Waals surface area contributed by atoms with Gasteiger partial charge >= 0.3 is 12.1 Å². The summed E-state index contributed by atoms with van der Waals surface area (Å²) >= 11 is 0. The maximum atomic E-state index is 11.7. The van der Waals surface area contributed by atoms with Gasteiger partial charge in [0, 0.05) is 0 Å². The van der Waals surface area contributed by atoms with Crippen LogP contribution in [0.3, 0.4) is 0 Å². The second kappa shape index (κ2) is 3.92. The van der Waals surface area contributed by atoms with E-state index in [1.54, 1.807) is 0 Å². The second-order valence-electron chi connectivity index (χ2n) is 1.82. The van der Waals surface area contributed by atoms with Crippen LogP contribution < -0.4 is 0 Å². The van der Waals surface area contributed by atoms with E-state index < -0.39 is 24.9 Å². The van der Waals surface area contributed by atoms with Crippen LogP contribution in [0, 0.1) is 0 Å². The summed E-state index contributed by atoms with van der Waals surface area (Å²) in [7, 11) is 0. The number of aliphatic hydroxyl groups excluding tert-OH is 1. The Kier molecular flexibility index (Phi) is 4.58. The molecule has 0 rings (SSSR count). The summed E-state index contributed by atoms with van der Waals surface area (Å²) in [5, 5.41) is 7.64. The zero-order valence-electron chi connectivity index (χ0n) is 5.41. The third-order valence-electron chi connectivity index (χ3n) is 0.869. The molecule has 0 saturated heterocycles. The molecule has 0 aromatic carbocycles. The van der Waals surface area contributed by atoms with Gasteiger partial charge in [-0.15, -0.1) is 0 Å². The van der Waals surface area contributed by atoms with Crippen LogP contribution in [0.15, 0.2) is 0 Å². The lowest BCUT2D eigenvalue weighted by molar-refractivity contribution is -0.251. The van der Waals surface area contributed by atoms with Crippen molar-refractivity contribution in [1.82, 2.24) is 0 Å². The minimum Gasteiger partial charge on any atom is -0.390 e. The molecule has 0 spiro atoms. The molecule has 0 fully saturated rings. The molecule has 1 N–H and O–H groups in total. The highest BCUT2D eigenvalue weighted by Gasteiger charge is 2.56. The number of hydrogen-bond acceptors (Lipinski definition) is 1. The van der Waals surface area contributed by atoms with Gasteiger partial charge in [0.25, 0.3) is 6.17 Å². The number of aliphatic hydroxyl groups is 1. The van der Waals surface area contributed by atoms with Crippen LogP contribution in [0.25, 0.3) is 0 Å². The summed E-state index contributed by atoms with van der Waals surface area (Å²) in [5.41, 5.74) is 0. The molecule has 12 heavy (non-hydrogen) atoms. The van der Waals surface area contributed by atoms with Gasteiger partial charge < -0.3 is 5.11 Å². The topological polar surface area (TPSA) is 20.2 Å². The third-order valence-corrected chi connectivity index (χ3v) is 0.869. The maximum absolute atomic E-state index is 11.7. The molecule has 0 aromatic rings. The first-order valence-corrected chi connectivity index (χ1v) is 2.41. The smallest absolute Gasteiger partial charge is 0.390 e. The summed E-state index contributed by atoms with van der Waals surface area (Å²) in [6, 6.07) is 0. The fourth-order valence-electron chi connectivity index (χ4n) is 0.320. The first kappa shape index (κ1) is 14.0. The largest absolute Gasteiger partial charge is 0.425 e. The van der Waals surface area contributed by atoms with Gasteiger partial charge in [-0.2, -0.15) is 13.2 Å². The Labute approximate surface area is 62.4 Å². The lowest BCUT2D eigenvalue weighted by Crippen LogP contribution is -2.44. The van der Waals surface area contributed by atoms with Crippen molar-refractivity contribution >= 4 is 0 Å². The molecule has 0 amide bonds. The highest BCUT2D eigenvalue weighted by atomic mass is 19.4. The molecule has 76 valence electrons. The molecule has 8 heteroatoms. The minimum atomic E-state index is -5.63. The zero-order valence-corrected chi connectivity index (χ0v) is 5.41. The van der Waals surface area contributed by atoms with Crippen molar-refractivity contribution < 1.29 is 36.2 Å². The van der Waals surface area contributed by atoms with Gasteiger partial charge in [-0.3, -0.25) is 4.70 Å². The molecule has 1 atom stereocenters. The van der Waals surface area contributed by atoms with Crippen molar-refractivity contribution in [1.29, 1.82) is 0 Å². The van der Waals surface area contributed by atoms with E-state index >= 15 is 0 Å². The maximum Gasteiger partial charge on any atom is 0.425 e. The molecule has 1 unspecified atom stereocenters. The van der Waals surface area contributed by atoms with Crippen molar-refractivity contribution in [3.63, 3.8) is 0 Å². The van der Waals surface area contributed by atoms with Crippen LogP contribution in [0.1, 0.15) is 0 Å². The Bertz CT molecular complexity index is 130. The summed E-state index contributed by atoms with van der Waals surface area (Å²) < 4.78 is 68.5. The number of alkyl halides is 6. The van der Waals surface area contributed by atoms with Gasteiger partial charge in [0.15, 0.2) is 0 Å². The van der Waals surface area contributed by atoms with Gasteiger partial charge in [0.2, 0.25) is 0 Å². The molecular formula is C4H5F7O. The van der Waals surface area contributed by atoms with Crippen molar-refractivity contribution in [3.05, 3.63) is 0 Å². The number of hydrogen-bond donors (Lipinski definition) is 1. The predicted octanol–water partition coefficient (Wildman–Crippen LogP) is 1.67. The Morgan fingerprint density at radius 1 is 1.08 bits per heavy atom. The van der Waals surface area contributed by atoms with Crippen LogP contribution in [0.4, 0.5) is 31.0 Å². The van der Waals surface area contributed by atoms with Crippen molar-refractivity contribution in [3.8, 4) is 0 Å². The normalized spacial score (nSPS) is 15.2. The average Bonchev–Trinajstić information content (AvgIpc) is 1.84. The van der Waals surface area contributed by atoms with Gasteiger partial charge in [-0.05, 0) is 0 Å². The van der Waals surface area contributed by atoms with Crippen LogP contribution in [-0.2, 0) is 0 Å². The van der Waals surface area contributed by atoms with Gasteiger partial charge in [-0.25, -0.2) is 13.2 Å². The molecular weight excluding hydrogens is 197 g/mol. The summed E-state index contributed by atoms with van der Waals surface area (Å²) in [6.07, 6.45) is -9.94. The van der Waals surface area contributed by atoms with Crippen LogP contribution >= 0.6 is 0 Å². The van der Waals surface area contributed by atoms with E-state index in [4.69, 9.17) is 5.11 Å². The Morgan fingerprint density at radius 2 is 1.42 bits per heavy atom. The van der Waals surface area contributed by atoms with E-state index in [2.05, 4.69) is 0 Å². The molecule has 0 aliphatic heterocycles. The van der Waals surface area contributed by atoms with E-state index in [9.17, 15) is 26.3 Å². The summed E-state index contributed by atoms with van der Waals surface area (Å²) in [6.45, 7) is -2.16. The number of rotatable bonds is 2. The highest BCUT2D eigenvalue weighted by molar-refractivity contribution is 4.81. The van der Waals surface area contributed by atoms with E-state index in [0.29, 0.717) is 0 Å². The minimum absolute atomic E-state index is 0.